The van der Waals surface area contributed by atoms with Crippen molar-refractivity contribution >= 4 is 46.6 Å². The number of para-hydroxylation sites is 1. The number of hydrogen-bond donors (Lipinski definition) is 1. The molecular weight excluding hydrogens is 453 g/mol. The van der Waals surface area contributed by atoms with Crippen LogP contribution in [0.5, 0.6) is 0 Å². The van der Waals surface area contributed by atoms with Gasteiger partial charge in [-0.05, 0) is 49.4 Å². The second-order valence-corrected chi connectivity index (χ2v) is 8.72. The first kappa shape index (κ1) is 21.4. The fourth-order valence-electron chi connectivity index (χ4n) is 2.86. The molecule has 4 rings (SSSR count). The van der Waals surface area contributed by atoms with Crippen molar-refractivity contribution in [1.82, 2.24) is 19.7 Å². The summed E-state index contributed by atoms with van der Waals surface area (Å²) in [7, 11) is 0. The molecule has 2 aromatic carbocycles. The summed E-state index contributed by atoms with van der Waals surface area (Å²) in [5, 5.41) is 12.6. The molecule has 0 spiro atoms. The number of halogens is 2. The van der Waals surface area contributed by atoms with Gasteiger partial charge in [0.15, 0.2) is 11.0 Å². The van der Waals surface area contributed by atoms with Gasteiger partial charge in [0, 0.05) is 23.6 Å². The molecule has 4 aromatic rings. The zero-order valence-electron chi connectivity index (χ0n) is 16.4. The highest BCUT2D eigenvalue weighted by Crippen LogP contribution is 2.32. The average Bonchev–Trinajstić information content (AvgIpc) is 3.20. The number of amides is 1. The van der Waals surface area contributed by atoms with Gasteiger partial charge in [0.05, 0.1) is 21.0 Å². The van der Waals surface area contributed by atoms with E-state index in [1.54, 1.807) is 24.5 Å². The Morgan fingerprint density at radius 2 is 1.84 bits per heavy atom. The fourth-order valence-corrected chi connectivity index (χ4v) is 4.02. The molecule has 1 unspecified atom stereocenters. The number of carbonyl (C=O) groups excluding carboxylic acids is 1. The van der Waals surface area contributed by atoms with Crippen LogP contribution in [0.3, 0.4) is 0 Å². The number of thioether (sulfide) groups is 1. The van der Waals surface area contributed by atoms with E-state index >= 15 is 0 Å². The molecule has 6 nitrogen and oxygen atoms in total. The zero-order valence-corrected chi connectivity index (χ0v) is 18.7. The molecule has 9 heteroatoms. The van der Waals surface area contributed by atoms with E-state index in [-0.39, 0.29) is 5.91 Å². The summed E-state index contributed by atoms with van der Waals surface area (Å²) in [5.74, 6) is 0.451. The lowest BCUT2D eigenvalue weighted by molar-refractivity contribution is -0.115. The number of aromatic nitrogens is 4. The van der Waals surface area contributed by atoms with Crippen LogP contribution in [-0.2, 0) is 4.79 Å². The predicted octanol–water partition coefficient (Wildman–Crippen LogP) is 5.76. The van der Waals surface area contributed by atoms with Crippen molar-refractivity contribution in [2.75, 3.05) is 5.32 Å². The monoisotopic (exact) mass is 469 g/mol. The Kier molecular flexibility index (Phi) is 6.56. The lowest BCUT2D eigenvalue weighted by Gasteiger charge is -2.14. The van der Waals surface area contributed by atoms with Gasteiger partial charge in [0.1, 0.15) is 0 Å². The molecule has 0 saturated heterocycles. The molecule has 0 saturated carbocycles. The molecule has 0 aliphatic carbocycles. The molecule has 156 valence electrons. The summed E-state index contributed by atoms with van der Waals surface area (Å²) < 4.78 is 1.84. The van der Waals surface area contributed by atoms with Gasteiger partial charge >= 0.3 is 0 Å². The van der Waals surface area contributed by atoms with E-state index in [0.29, 0.717) is 21.0 Å². The lowest BCUT2D eigenvalue weighted by Crippen LogP contribution is -2.22. The first-order valence-electron chi connectivity index (χ1n) is 9.37. The first-order valence-corrected chi connectivity index (χ1v) is 11.0. The Balaban J connectivity index is 1.68. The highest BCUT2D eigenvalue weighted by Gasteiger charge is 2.22. The van der Waals surface area contributed by atoms with Gasteiger partial charge < -0.3 is 5.32 Å². The maximum Gasteiger partial charge on any atom is 0.237 e. The number of rotatable bonds is 6. The molecule has 0 fully saturated rings. The van der Waals surface area contributed by atoms with E-state index in [1.807, 2.05) is 60.0 Å². The van der Waals surface area contributed by atoms with E-state index in [4.69, 9.17) is 23.2 Å². The van der Waals surface area contributed by atoms with Crippen LogP contribution in [0.25, 0.3) is 17.1 Å². The Morgan fingerprint density at radius 3 is 2.55 bits per heavy atom. The Hall–Kier alpha value is -2.87. The van der Waals surface area contributed by atoms with Crippen molar-refractivity contribution in [3.05, 3.63) is 83.1 Å². The molecule has 1 N–H and O–H groups in total. The van der Waals surface area contributed by atoms with Gasteiger partial charge in [0.25, 0.3) is 0 Å². The quantitative estimate of drug-likeness (QED) is 0.363. The van der Waals surface area contributed by atoms with Crippen molar-refractivity contribution in [2.24, 2.45) is 0 Å². The largest absolute Gasteiger partial charge is 0.325 e. The van der Waals surface area contributed by atoms with Crippen LogP contribution in [0.2, 0.25) is 10.0 Å². The average molecular weight is 470 g/mol. The lowest BCUT2D eigenvalue weighted by atomic mass is 10.2. The molecule has 2 heterocycles. The Labute approximate surface area is 193 Å². The summed E-state index contributed by atoms with van der Waals surface area (Å²) in [4.78, 5) is 16.9. The Morgan fingerprint density at radius 1 is 1.03 bits per heavy atom. The number of nitrogens with one attached hydrogen (secondary N) is 1. The first-order chi connectivity index (χ1) is 15.0. The second-order valence-electron chi connectivity index (χ2n) is 6.60. The number of pyridine rings is 1. The minimum absolute atomic E-state index is 0.136. The zero-order chi connectivity index (χ0) is 21.8. The molecule has 31 heavy (non-hydrogen) atoms. The van der Waals surface area contributed by atoms with Gasteiger partial charge in [-0.15, -0.1) is 10.2 Å². The fraction of sp³-hybridized carbons (Fsp3) is 0.0909. The molecule has 2 aromatic heterocycles. The maximum absolute atomic E-state index is 12.7. The number of anilines is 1. The molecular formula is C22H17Cl2N5OS. The van der Waals surface area contributed by atoms with Crippen LogP contribution >= 0.6 is 35.0 Å². The molecule has 0 bridgehead atoms. The van der Waals surface area contributed by atoms with Gasteiger partial charge in [-0.1, -0.05) is 53.2 Å². The van der Waals surface area contributed by atoms with E-state index in [9.17, 15) is 4.79 Å². The summed E-state index contributed by atoms with van der Waals surface area (Å²) in [6.45, 7) is 1.82. The minimum Gasteiger partial charge on any atom is -0.325 e. The molecule has 0 radical (unpaired) electrons. The predicted molar refractivity (Wildman–Crippen MR) is 125 cm³/mol. The number of carbonyl (C=O) groups is 1. The second kappa shape index (κ2) is 9.51. The van der Waals surface area contributed by atoms with Crippen LogP contribution in [0.4, 0.5) is 5.69 Å². The summed E-state index contributed by atoms with van der Waals surface area (Å²) in [6.07, 6.45) is 3.40. The maximum atomic E-state index is 12.7. The SMILES string of the molecule is CC(Sc1nnc(-c2cccnc2)n1-c1ccc(Cl)c(Cl)c1)C(=O)Nc1ccccc1. The van der Waals surface area contributed by atoms with E-state index < -0.39 is 5.25 Å². The van der Waals surface area contributed by atoms with Gasteiger partial charge in [-0.25, -0.2) is 0 Å². The van der Waals surface area contributed by atoms with E-state index in [2.05, 4.69) is 20.5 Å². The standard InChI is InChI=1S/C22H17Cl2N5OS/c1-14(21(30)26-16-7-3-2-4-8-16)31-22-28-27-20(15-6-5-11-25-13-15)29(22)17-9-10-18(23)19(24)12-17/h2-14H,1H3,(H,26,30). The van der Waals surface area contributed by atoms with Gasteiger partial charge in [-0.3, -0.25) is 14.3 Å². The van der Waals surface area contributed by atoms with E-state index in [1.165, 1.54) is 11.8 Å². The number of benzene rings is 2. The van der Waals surface area contributed by atoms with Gasteiger partial charge in [-0.2, -0.15) is 0 Å². The van der Waals surface area contributed by atoms with Crippen molar-refractivity contribution in [3.8, 4) is 17.1 Å². The summed E-state index contributed by atoms with van der Waals surface area (Å²) in [5.41, 5.74) is 2.26. The molecule has 1 atom stereocenters. The van der Waals surface area contributed by atoms with Crippen LogP contribution in [0, 0.1) is 0 Å². The van der Waals surface area contributed by atoms with Crippen LogP contribution in [0.15, 0.2) is 78.2 Å². The Bertz CT molecular complexity index is 1200. The minimum atomic E-state index is -0.423. The highest BCUT2D eigenvalue weighted by molar-refractivity contribution is 8.00. The third-order valence-corrected chi connectivity index (χ3v) is 6.19. The molecule has 1 amide bonds. The van der Waals surface area contributed by atoms with Crippen LogP contribution in [0.1, 0.15) is 6.92 Å². The van der Waals surface area contributed by atoms with Gasteiger partial charge in [0.2, 0.25) is 5.91 Å². The molecule has 0 aliphatic rings. The smallest absolute Gasteiger partial charge is 0.237 e. The molecule has 0 aliphatic heterocycles. The van der Waals surface area contributed by atoms with Crippen LogP contribution in [-0.4, -0.2) is 30.9 Å². The van der Waals surface area contributed by atoms with Crippen LogP contribution < -0.4 is 5.32 Å². The topological polar surface area (TPSA) is 72.7 Å². The summed E-state index contributed by atoms with van der Waals surface area (Å²) in [6, 6.07) is 18.3. The number of nitrogens with zero attached hydrogens (tertiary/aromatic N) is 4. The van der Waals surface area contributed by atoms with Crippen molar-refractivity contribution in [2.45, 2.75) is 17.3 Å². The summed E-state index contributed by atoms with van der Waals surface area (Å²) >= 11 is 13.7. The van der Waals surface area contributed by atoms with Crippen molar-refractivity contribution in [3.63, 3.8) is 0 Å². The normalized spacial score (nSPS) is 11.8. The third-order valence-electron chi connectivity index (χ3n) is 4.41. The van der Waals surface area contributed by atoms with Crippen molar-refractivity contribution in [1.29, 1.82) is 0 Å². The third kappa shape index (κ3) is 4.90. The highest BCUT2D eigenvalue weighted by atomic mass is 35.5. The number of hydrogen-bond acceptors (Lipinski definition) is 5. The van der Waals surface area contributed by atoms with Crippen molar-refractivity contribution < 1.29 is 4.79 Å². The van der Waals surface area contributed by atoms with E-state index in [0.717, 1.165) is 16.9 Å².